The molecule has 19 heavy (non-hydrogen) atoms. The number of amides is 2. The largest absolute Gasteiger partial charge is 0.489 e. The molecule has 2 N–H and O–H groups in total. The molecule has 0 heterocycles. The minimum atomic E-state index is -0.473. The predicted octanol–water partition coefficient (Wildman–Crippen LogP) is 3.82. The van der Waals surface area contributed by atoms with Crippen molar-refractivity contribution in [1.82, 2.24) is 4.90 Å². The SMILES string of the molecule is CCCN(CCOc1c(Cl)cc(Cl)cc1Cl)C(N)=O. The van der Waals surface area contributed by atoms with Crippen molar-refractivity contribution in [3.63, 3.8) is 0 Å². The van der Waals surface area contributed by atoms with E-state index in [1.54, 1.807) is 12.1 Å². The van der Waals surface area contributed by atoms with E-state index in [1.165, 1.54) is 4.90 Å². The van der Waals surface area contributed by atoms with Gasteiger partial charge in [-0.3, -0.25) is 0 Å². The summed E-state index contributed by atoms with van der Waals surface area (Å²) in [5.74, 6) is 0.355. The van der Waals surface area contributed by atoms with Crippen LogP contribution in [0.2, 0.25) is 15.1 Å². The van der Waals surface area contributed by atoms with Gasteiger partial charge in [0.15, 0.2) is 5.75 Å². The van der Waals surface area contributed by atoms with Crippen molar-refractivity contribution < 1.29 is 9.53 Å². The first kappa shape index (κ1) is 16.2. The van der Waals surface area contributed by atoms with Gasteiger partial charge < -0.3 is 15.4 Å². The highest BCUT2D eigenvalue weighted by molar-refractivity contribution is 6.40. The van der Waals surface area contributed by atoms with Gasteiger partial charge in [0.25, 0.3) is 0 Å². The summed E-state index contributed by atoms with van der Waals surface area (Å²) in [6.07, 6.45) is 0.825. The normalized spacial score (nSPS) is 10.3. The summed E-state index contributed by atoms with van der Waals surface area (Å²) in [5, 5.41) is 1.10. The molecule has 0 aliphatic heterocycles. The topological polar surface area (TPSA) is 55.6 Å². The quantitative estimate of drug-likeness (QED) is 0.864. The summed E-state index contributed by atoms with van der Waals surface area (Å²) >= 11 is 17.7. The zero-order valence-corrected chi connectivity index (χ0v) is 12.7. The number of ether oxygens (including phenoxy) is 1. The van der Waals surface area contributed by atoms with Gasteiger partial charge in [0.1, 0.15) is 6.61 Å². The molecule has 0 aliphatic carbocycles. The van der Waals surface area contributed by atoms with Crippen LogP contribution >= 0.6 is 34.8 Å². The number of nitrogens with zero attached hydrogens (tertiary/aromatic N) is 1. The monoisotopic (exact) mass is 324 g/mol. The van der Waals surface area contributed by atoms with E-state index in [9.17, 15) is 4.79 Å². The average molecular weight is 326 g/mol. The second-order valence-electron chi connectivity index (χ2n) is 3.87. The third kappa shape index (κ3) is 4.97. The molecule has 1 rings (SSSR count). The van der Waals surface area contributed by atoms with Gasteiger partial charge in [-0.05, 0) is 18.6 Å². The molecule has 1 aromatic rings. The van der Waals surface area contributed by atoms with Crippen LogP contribution < -0.4 is 10.5 Å². The van der Waals surface area contributed by atoms with Gasteiger partial charge in [0.05, 0.1) is 16.6 Å². The molecule has 0 fully saturated rings. The number of rotatable bonds is 6. The van der Waals surface area contributed by atoms with Gasteiger partial charge in [-0.15, -0.1) is 0 Å². The van der Waals surface area contributed by atoms with Crippen molar-refractivity contribution in [2.45, 2.75) is 13.3 Å². The van der Waals surface area contributed by atoms with E-state index in [2.05, 4.69) is 0 Å². The van der Waals surface area contributed by atoms with E-state index in [-0.39, 0.29) is 6.61 Å². The molecule has 2 amide bonds. The fraction of sp³-hybridized carbons (Fsp3) is 0.417. The summed E-state index contributed by atoms with van der Waals surface area (Å²) in [7, 11) is 0. The van der Waals surface area contributed by atoms with Gasteiger partial charge in [-0.25, -0.2) is 4.79 Å². The molecule has 0 unspecified atom stereocenters. The lowest BCUT2D eigenvalue weighted by molar-refractivity contribution is 0.191. The molecule has 0 aromatic heterocycles. The maximum Gasteiger partial charge on any atom is 0.314 e. The van der Waals surface area contributed by atoms with Crippen LogP contribution in [0.15, 0.2) is 12.1 Å². The number of hydrogen-bond donors (Lipinski definition) is 1. The van der Waals surface area contributed by atoms with Gasteiger partial charge in [-0.1, -0.05) is 41.7 Å². The standard InChI is InChI=1S/C12H15Cl3N2O2/c1-2-3-17(12(16)18)4-5-19-11-9(14)6-8(13)7-10(11)15/h6-7H,2-5H2,1H3,(H2,16,18). The first-order chi connectivity index (χ1) is 8.95. The Morgan fingerprint density at radius 1 is 1.26 bits per heavy atom. The summed E-state index contributed by atoms with van der Waals surface area (Å²) in [6.45, 7) is 3.17. The van der Waals surface area contributed by atoms with Crippen LogP contribution in [0.1, 0.15) is 13.3 Å². The number of primary amides is 1. The number of carbonyl (C=O) groups is 1. The molecule has 7 heteroatoms. The Labute approximate surface area is 127 Å². The summed E-state index contributed by atoms with van der Waals surface area (Å²) < 4.78 is 5.48. The zero-order chi connectivity index (χ0) is 14.4. The predicted molar refractivity (Wildman–Crippen MR) is 78.4 cm³/mol. The lowest BCUT2D eigenvalue weighted by Gasteiger charge is -2.20. The molecular formula is C12H15Cl3N2O2. The maximum atomic E-state index is 11.1. The molecule has 0 radical (unpaired) electrons. The Morgan fingerprint density at radius 3 is 2.32 bits per heavy atom. The van der Waals surface area contributed by atoms with Crippen LogP contribution in [0.5, 0.6) is 5.75 Å². The van der Waals surface area contributed by atoms with Crippen molar-refractivity contribution in [1.29, 1.82) is 0 Å². The van der Waals surface area contributed by atoms with E-state index in [0.29, 0.717) is 33.9 Å². The number of urea groups is 1. The molecule has 0 spiro atoms. The molecule has 0 bridgehead atoms. The minimum Gasteiger partial charge on any atom is -0.489 e. The molecule has 0 aliphatic rings. The van der Waals surface area contributed by atoms with E-state index >= 15 is 0 Å². The van der Waals surface area contributed by atoms with Crippen molar-refractivity contribution >= 4 is 40.8 Å². The molecule has 0 saturated heterocycles. The first-order valence-electron chi connectivity index (χ1n) is 5.77. The highest BCUT2D eigenvalue weighted by Gasteiger charge is 2.11. The van der Waals surface area contributed by atoms with Gasteiger partial charge in [0, 0.05) is 11.6 Å². The van der Waals surface area contributed by atoms with E-state index in [1.807, 2.05) is 6.92 Å². The molecule has 106 valence electrons. The van der Waals surface area contributed by atoms with Crippen molar-refractivity contribution in [2.75, 3.05) is 19.7 Å². The van der Waals surface area contributed by atoms with Crippen LogP contribution in [-0.4, -0.2) is 30.6 Å². The van der Waals surface area contributed by atoms with Crippen molar-refractivity contribution in [2.24, 2.45) is 5.73 Å². The lowest BCUT2D eigenvalue weighted by Crippen LogP contribution is -2.39. The Balaban J connectivity index is 2.60. The van der Waals surface area contributed by atoms with E-state index < -0.39 is 6.03 Å². The summed E-state index contributed by atoms with van der Waals surface area (Å²) in [4.78, 5) is 12.6. The zero-order valence-electron chi connectivity index (χ0n) is 10.5. The lowest BCUT2D eigenvalue weighted by atomic mass is 10.3. The smallest absolute Gasteiger partial charge is 0.314 e. The van der Waals surface area contributed by atoms with Crippen LogP contribution in [-0.2, 0) is 0 Å². The minimum absolute atomic E-state index is 0.254. The summed E-state index contributed by atoms with van der Waals surface area (Å²) in [6, 6.07) is 2.61. The Hall–Kier alpha value is -0.840. The molecule has 0 saturated carbocycles. The number of halogens is 3. The van der Waals surface area contributed by atoms with Gasteiger partial charge in [0.2, 0.25) is 0 Å². The number of benzene rings is 1. The van der Waals surface area contributed by atoms with Gasteiger partial charge >= 0.3 is 6.03 Å². The fourth-order valence-corrected chi connectivity index (χ4v) is 2.45. The first-order valence-corrected chi connectivity index (χ1v) is 6.90. The average Bonchev–Trinajstić information content (AvgIpc) is 2.30. The summed E-state index contributed by atoms with van der Waals surface area (Å²) in [5.41, 5.74) is 5.24. The third-order valence-electron chi connectivity index (χ3n) is 2.38. The van der Waals surface area contributed by atoms with Gasteiger partial charge in [-0.2, -0.15) is 0 Å². The van der Waals surface area contributed by atoms with Crippen molar-refractivity contribution in [3.8, 4) is 5.75 Å². The Bertz CT molecular complexity index is 432. The van der Waals surface area contributed by atoms with Crippen LogP contribution in [0, 0.1) is 0 Å². The van der Waals surface area contributed by atoms with Crippen molar-refractivity contribution in [3.05, 3.63) is 27.2 Å². The van der Waals surface area contributed by atoms with E-state index in [4.69, 9.17) is 45.3 Å². The van der Waals surface area contributed by atoms with Crippen LogP contribution in [0.25, 0.3) is 0 Å². The highest BCUT2D eigenvalue weighted by atomic mass is 35.5. The third-order valence-corrected chi connectivity index (χ3v) is 3.16. The number of hydrogen-bond acceptors (Lipinski definition) is 2. The Morgan fingerprint density at radius 2 is 1.84 bits per heavy atom. The molecule has 4 nitrogen and oxygen atoms in total. The number of carbonyl (C=O) groups excluding carboxylic acids is 1. The Kier molecular flexibility index (Phi) is 6.55. The maximum absolute atomic E-state index is 11.1. The van der Waals surface area contributed by atoms with Crippen LogP contribution in [0.4, 0.5) is 4.79 Å². The molecule has 1 aromatic carbocycles. The van der Waals surface area contributed by atoms with E-state index in [0.717, 1.165) is 6.42 Å². The van der Waals surface area contributed by atoms with Crippen LogP contribution in [0.3, 0.4) is 0 Å². The fourth-order valence-electron chi connectivity index (χ4n) is 1.53. The highest BCUT2D eigenvalue weighted by Crippen LogP contribution is 2.35. The second-order valence-corrected chi connectivity index (χ2v) is 5.12. The second kappa shape index (κ2) is 7.68. The molecule has 0 atom stereocenters. The number of nitrogens with two attached hydrogens (primary N) is 1. The molecular weight excluding hydrogens is 311 g/mol.